The van der Waals surface area contributed by atoms with Gasteiger partial charge in [0.15, 0.2) is 5.79 Å². The maximum Gasteiger partial charge on any atom is 0.163 e. The SMILES string of the molecule is CNCC(CC(C)c1nc(Br)cc(F)c1C)C(C)(O)O. The van der Waals surface area contributed by atoms with Crippen LogP contribution in [0.15, 0.2) is 10.7 Å². The van der Waals surface area contributed by atoms with Gasteiger partial charge in [0, 0.05) is 24.1 Å². The average Bonchev–Trinajstić information content (AvgIpc) is 2.31. The Morgan fingerprint density at radius 3 is 2.60 bits per heavy atom. The van der Waals surface area contributed by atoms with Crippen LogP contribution < -0.4 is 5.32 Å². The first-order chi connectivity index (χ1) is 9.16. The molecule has 2 unspecified atom stereocenters. The van der Waals surface area contributed by atoms with E-state index in [1.54, 1.807) is 14.0 Å². The van der Waals surface area contributed by atoms with Crippen molar-refractivity contribution in [3.8, 4) is 0 Å². The number of rotatable bonds is 6. The summed E-state index contributed by atoms with van der Waals surface area (Å²) in [7, 11) is 1.76. The number of pyridine rings is 1. The van der Waals surface area contributed by atoms with Crippen molar-refractivity contribution in [1.82, 2.24) is 10.3 Å². The second-order valence-electron chi connectivity index (χ2n) is 5.42. The first-order valence-corrected chi connectivity index (χ1v) is 7.38. The van der Waals surface area contributed by atoms with Gasteiger partial charge >= 0.3 is 0 Å². The number of hydrogen-bond acceptors (Lipinski definition) is 4. The highest BCUT2D eigenvalue weighted by Gasteiger charge is 2.31. The predicted molar refractivity (Wildman–Crippen MR) is 79.9 cm³/mol. The molecule has 20 heavy (non-hydrogen) atoms. The van der Waals surface area contributed by atoms with E-state index >= 15 is 0 Å². The van der Waals surface area contributed by atoms with E-state index in [4.69, 9.17) is 0 Å². The van der Waals surface area contributed by atoms with Crippen molar-refractivity contribution in [2.24, 2.45) is 5.92 Å². The van der Waals surface area contributed by atoms with Gasteiger partial charge in [0.1, 0.15) is 10.4 Å². The molecule has 1 rings (SSSR count). The molecular formula is C14H22BrFN2O2. The van der Waals surface area contributed by atoms with Crippen LogP contribution in [0.25, 0.3) is 0 Å². The largest absolute Gasteiger partial charge is 0.366 e. The standard InChI is InChI=1S/C14H22BrFN2O2/c1-8(5-10(7-17-4)14(3,19)20)13-9(2)11(16)6-12(15)18-13/h6,8,10,17,19-20H,5,7H2,1-4H3. The van der Waals surface area contributed by atoms with E-state index in [0.717, 1.165) is 0 Å². The molecule has 6 heteroatoms. The minimum Gasteiger partial charge on any atom is -0.366 e. The monoisotopic (exact) mass is 348 g/mol. The van der Waals surface area contributed by atoms with Crippen molar-refractivity contribution in [2.45, 2.75) is 38.9 Å². The fraction of sp³-hybridized carbons (Fsp3) is 0.643. The summed E-state index contributed by atoms with van der Waals surface area (Å²) in [6.45, 7) is 5.42. The molecule has 2 atom stereocenters. The van der Waals surface area contributed by atoms with Crippen molar-refractivity contribution in [3.05, 3.63) is 27.7 Å². The van der Waals surface area contributed by atoms with Gasteiger partial charge < -0.3 is 15.5 Å². The van der Waals surface area contributed by atoms with Crippen LogP contribution in [0.4, 0.5) is 4.39 Å². The van der Waals surface area contributed by atoms with Crippen LogP contribution in [0, 0.1) is 18.7 Å². The number of aromatic nitrogens is 1. The van der Waals surface area contributed by atoms with Crippen molar-refractivity contribution in [2.75, 3.05) is 13.6 Å². The van der Waals surface area contributed by atoms with Crippen LogP contribution in [0.2, 0.25) is 0 Å². The van der Waals surface area contributed by atoms with E-state index < -0.39 is 5.79 Å². The fourth-order valence-corrected chi connectivity index (χ4v) is 2.72. The maximum atomic E-state index is 13.7. The Morgan fingerprint density at radius 2 is 2.10 bits per heavy atom. The third kappa shape index (κ3) is 4.48. The topological polar surface area (TPSA) is 65.4 Å². The second-order valence-corrected chi connectivity index (χ2v) is 6.23. The third-order valence-electron chi connectivity index (χ3n) is 3.54. The van der Waals surface area contributed by atoms with E-state index in [1.807, 2.05) is 6.92 Å². The molecule has 0 aliphatic rings. The van der Waals surface area contributed by atoms with Gasteiger partial charge in [-0.3, -0.25) is 0 Å². The van der Waals surface area contributed by atoms with Crippen molar-refractivity contribution in [3.63, 3.8) is 0 Å². The number of nitrogens with zero attached hydrogens (tertiary/aromatic N) is 1. The summed E-state index contributed by atoms with van der Waals surface area (Å²) in [5.74, 6) is -2.55. The third-order valence-corrected chi connectivity index (χ3v) is 3.95. The van der Waals surface area contributed by atoms with Gasteiger partial charge in [0.05, 0.1) is 5.69 Å². The van der Waals surface area contributed by atoms with E-state index in [-0.39, 0.29) is 17.7 Å². The molecule has 0 saturated carbocycles. The molecular weight excluding hydrogens is 327 g/mol. The molecule has 0 amide bonds. The number of nitrogens with one attached hydrogen (secondary N) is 1. The molecule has 0 aromatic carbocycles. The lowest BCUT2D eigenvalue weighted by Gasteiger charge is -2.30. The first-order valence-electron chi connectivity index (χ1n) is 6.58. The highest BCUT2D eigenvalue weighted by molar-refractivity contribution is 9.10. The van der Waals surface area contributed by atoms with Gasteiger partial charge in [-0.1, -0.05) is 6.92 Å². The lowest BCUT2D eigenvalue weighted by Crippen LogP contribution is -2.40. The van der Waals surface area contributed by atoms with Crippen LogP contribution in [0.3, 0.4) is 0 Å². The van der Waals surface area contributed by atoms with Crippen LogP contribution in [-0.2, 0) is 0 Å². The Morgan fingerprint density at radius 1 is 1.50 bits per heavy atom. The predicted octanol–water partition coefficient (Wildman–Crippen LogP) is 2.32. The van der Waals surface area contributed by atoms with Crippen molar-refractivity contribution >= 4 is 15.9 Å². The normalized spacial score (nSPS) is 15.2. The van der Waals surface area contributed by atoms with Gasteiger partial charge in [0.2, 0.25) is 0 Å². The summed E-state index contributed by atoms with van der Waals surface area (Å²) < 4.78 is 14.2. The smallest absolute Gasteiger partial charge is 0.163 e. The van der Waals surface area contributed by atoms with E-state index in [0.29, 0.717) is 28.8 Å². The molecule has 1 heterocycles. The second kappa shape index (κ2) is 6.93. The zero-order valence-electron chi connectivity index (χ0n) is 12.2. The van der Waals surface area contributed by atoms with Crippen LogP contribution >= 0.6 is 15.9 Å². The number of aliphatic hydroxyl groups is 2. The summed E-state index contributed by atoms with van der Waals surface area (Å²) in [4.78, 5) is 4.32. The van der Waals surface area contributed by atoms with Crippen LogP contribution in [0.5, 0.6) is 0 Å². The van der Waals surface area contributed by atoms with E-state index in [1.165, 1.54) is 13.0 Å². The van der Waals surface area contributed by atoms with Crippen LogP contribution in [-0.4, -0.2) is 34.6 Å². The minimum absolute atomic E-state index is 0.0843. The highest BCUT2D eigenvalue weighted by Crippen LogP contribution is 2.30. The Bertz CT molecular complexity index is 463. The molecule has 1 aromatic rings. The molecule has 0 radical (unpaired) electrons. The molecule has 3 N–H and O–H groups in total. The summed E-state index contributed by atoms with van der Waals surface area (Å²) in [6, 6.07) is 1.33. The Balaban J connectivity index is 2.97. The first kappa shape index (κ1) is 17.5. The van der Waals surface area contributed by atoms with E-state index in [9.17, 15) is 14.6 Å². The molecule has 0 aliphatic heterocycles. The fourth-order valence-electron chi connectivity index (χ4n) is 2.33. The molecule has 4 nitrogen and oxygen atoms in total. The summed E-state index contributed by atoms with van der Waals surface area (Å²) in [6.07, 6.45) is 0.494. The Hall–Kier alpha value is -0.560. The van der Waals surface area contributed by atoms with Gasteiger partial charge in [-0.15, -0.1) is 0 Å². The Kier molecular flexibility index (Phi) is 6.06. The van der Waals surface area contributed by atoms with Gasteiger partial charge in [-0.25, -0.2) is 9.37 Å². The van der Waals surface area contributed by atoms with Crippen molar-refractivity contribution < 1.29 is 14.6 Å². The highest BCUT2D eigenvalue weighted by atomic mass is 79.9. The van der Waals surface area contributed by atoms with Crippen LogP contribution in [0.1, 0.15) is 37.4 Å². The molecule has 0 bridgehead atoms. The van der Waals surface area contributed by atoms with Crippen molar-refractivity contribution in [1.29, 1.82) is 0 Å². The zero-order valence-corrected chi connectivity index (χ0v) is 13.8. The van der Waals surface area contributed by atoms with E-state index in [2.05, 4.69) is 26.2 Å². The quantitative estimate of drug-likeness (QED) is 0.545. The molecule has 0 fully saturated rings. The molecule has 0 saturated heterocycles. The number of hydrogen-bond donors (Lipinski definition) is 3. The molecule has 0 aliphatic carbocycles. The van der Waals surface area contributed by atoms with Gasteiger partial charge in [-0.2, -0.15) is 0 Å². The summed E-state index contributed by atoms with van der Waals surface area (Å²) >= 11 is 3.19. The lowest BCUT2D eigenvalue weighted by atomic mass is 9.86. The van der Waals surface area contributed by atoms with Gasteiger partial charge in [-0.05, 0) is 49.2 Å². The summed E-state index contributed by atoms with van der Waals surface area (Å²) in [5.41, 5.74) is 1.14. The Labute approximate surface area is 127 Å². The molecule has 1 aromatic heterocycles. The average molecular weight is 349 g/mol. The van der Waals surface area contributed by atoms with Gasteiger partial charge in [0.25, 0.3) is 0 Å². The minimum atomic E-state index is -1.78. The molecule has 114 valence electrons. The lowest BCUT2D eigenvalue weighted by molar-refractivity contribution is -0.186. The molecule has 0 spiro atoms. The zero-order chi connectivity index (χ0) is 15.5. The maximum absolute atomic E-state index is 13.7. The number of halogens is 2. The summed E-state index contributed by atoms with van der Waals surface area (Å²) in [5, 5.41) is 22.5.